The van der Waals surface area contributed by atoms with Gasteiger partial charge in [0, 0.05) is 12.5 Å². The number of carbonyl (C=O) groups excluding carboxylic acids is 1. The fourth-order valence-electron chi connectivity index (χ4n) is 2.12. The number of carbonyl (C=O) groups is 1. The molecule has 0 heterocycles. The standard InChI is InChI=1S/C13H21F3N2O/c1-18(10-13(14,15)16)9-5-8-17-12(19)11-6-3-2-4-7-11/h2-3,11H,4-10H2,1H3,(H,17,19)/t11-/m0/s1. The summed E-state index contributed by atoms with van der Waals surface area (Å²) in [4.78, 5) is 13.0. The number of nitrogens with zero attached hydrogens (tertiary/aromatic N) is 1. The van der Waals surface area contributed by atoms with Gasteiger partial charge in [-0.05, 0) is 39.3 Å². The van der Waals surface area contributed by atoms with Crippen LogP contribution >= 0.6 is 0 Å². The number of amides is 1. The van der Waals surface area contributed by atoms with Crippen molar-refractivity contribution in [3.05, 3.63) is 12.2 Å². The third kappa shape index (κ3) is 7.20. The van der Waals surface area contributed by atoms with E-state index in [4.69, 9.17) is 0 Å². The first-order valence-corrected chi connectivity index (χ1v) is 6.56. The zero-order valence-corrected chi connectivity index (χ0v) is 11.2. The second-order valence-electron chi connectivity index (χ2n) is 4.98. The lowest BCUT2D eigenvalue weighted by molar-refractivity contribution is -0.143. The normalized spacial score (nSPS) is 19.7. The van der Waals surface area contributed by atoms with Gasteiger partial charge < -0.3 is 5.32 Å². The van der Waals surface area contributed by atoms with Gasteiger partial charge in [0.2, 0.25) is 5.91 Å². The number of rotatable bonds is 6. The molecule has 0 radical (unpaired) electrons. The molecule has 0 aromatic heterocycles. The number of hydrogen-bond donors (Lipinski definition) is 1. The van der Waals surface area contributed by atoms with Gasteiger partial charge in [-0.3, -0.25) is 9.69 Å². The van der Waals surface area contributed by atoms with Crippen molar-refractivity contribution >= 4 is 5.91 Å². The summed E-state index contributed by atoms with van der Waals surface area (Å²) in [6.07, 6.45) is 2.98. The van der Waals surface area contributed by atoms with Crippen LogP contribution in [0.3, 0.4) is 0 Å². The van der Waals surface area contributed by atoms with Gasteiger partial charge in [-0.15, -0.1) is 0 Å². The van der Waals surface area contributed by atoms with Crippen LogP contribution in [0.5, 0.6) is 0 Å². The smallest absolute Gasteiger partial charge is 0.356 e. The topological polar surface area (TPSA) is 32.3 Å². The van der Waals surface area contributed by atoms with E-state index in [0.717, 1.165) is 19.3 Å². The van der Waals surface area contributed by atoms with Crippen molar-refractivity contribution in [1.82, 2.24) is 10.2 Å². The quantitative estimate of drug-likeness (QED) is 0.597. The Balaban J connectivity index is 2.10. The average molecular weight is 278 g/mol. The lowest BCUT2D eigenvalue weighted by Gasteiger charge is -2.20. The van der Waals surface area contributed by atoms with E-state index in [1.54, 1.807) is 0 Å². The van der Waals surface area contributed by atoms with E-state index in [-0.39, 0.29) is 11.8 Å². The van der Waals surface area contributed by atoms with Crippen LogP contribution in [0.25, 0.3) is 0 Å². The summed E-state index contributed by atoms with van der Waals surface area (Å²) in [6, 6.07) is 0. The summed E-state index contributed by atoms with van der Waals surface area (Å²) >= 11 is 0. The number of halogens is 3. The molecular formula is C13H21F3N2O. The molecule has 1 amide bonds. The van der Waals surface area contributed by atoms with Crippen molar-refractivity contribution in [1.29, 1.82) is 0 Å². The zero-order valence-electron chi connectivity index (χ0n) is 11.2. The summed E-state index contributed by atoms with van der Waals surface area (Å²) in [5.41, 5.74) is 0. The van der Waals surface area contributed by atoms with Crippen LogP contribution < -0.4 is 5.32 Å². The molecule has 6 heteroatoms. The van der Waals surface area contributed by atoms with Crippen LogP contribution in [0.1, 0.15) is 25.7 Å². The largest absolute Gasteiger partial charge is 0.401 e. The fraction of sp³-hybridized carbons (Fsp3) is 0.769. The molecule has 0 spiro atoms. The van der Waals surface area contributed by atoms with Gasteiger partial charge in [0.05, 0.1) is 6.54 Å². The van der Waals surface area contributed by atoms with Crippen LogP contribution in [-0.4, -0.2) is 43.7 Å². The van der Waals surface area contributed by atoms with Gasteiger partial charge in [0.15, 0.2) is 0 Å². The second-order valence-corrected chi connectivity index (χ2v) is 4.98. The summed E-state index contributed by atoms with van der Waals surface area (Å²) in [7, 11) is 1.43. The van der Waals surface area contributed by atoms with Crippen LogP contribution in [0, 0.1) is 5.92 Å². The first-order chi connectivity index (χ1) is 8.88. The van der Waals surface area contributed by atoms with E-state index in [1.807, 2.05) is 6.08 Å². The molecule has 3 nitrogen and oxygen atoms in total. The monoisotopic (exact) mass is 278 g/mol. The van der Waals surface area contributed by atoms with Crippen molar-refractivity contribution in [2.24, 2.45) is 5.92 Å². The van der Waals surface area contributed by atoms with Gasteiger partial charge >= 0.3 is 6.18 Å². The van der Waals surface area contributed by atoms with Crippen LogP contribution in [0.4, 0.5) is 13.2 Å². The predicted octanol–water partition coefficient (Wildman–Crippen LogP) is 2.34. The Hall–Kier alpha value is -1.04. The third-order valence-corrected chi connectivity index (χ3v) is 3.10. The molecule has 110 valence electrons. The maximum Gasteiger partial charge on any atom is 0.401 e. The van der Waals surface area contributed by atoms with E-state index in [1.165, 1.54) is 11.9 Å². The number of hydrogen-bond acceptors (Lipinski definition) is 2. The molecule has 0 fully saturated rings. The molecule has 0 aromatic carbocycles. The van der Waals surface area contributed by atoms with E-state index in [9.17, 15) is 18.0 Å². The molecule has 0 unspecified atom stereocenters. The first kappa shape index (κ1) is 16.0. The summed E-state index contributed by atoms with van der Waals surface area (Å²) in [5, 5.41) is 2.79. The minimum Gasteiger partial charge on any atom is -0.356 e. The van der Waals surface area contributed by atoms with Crippen molar-refractivity contribution in [3.8, 4) is 0 Å². The van der Waals surface area contributed by atoms with Crippen molar-refractivity contribution < 1.29 is 18.0 Å². The molecule has 0 saturated heterocycles. The first-order valence-electron chi connectivity index (χ1n) is 6.56. The van der Waals surface area contributed by atoms with Crippen LogP contribution in [0.2, 0.25) is 0 Å². The lowest BCUT2D eigenvalue weighted by atomic mass is 9.94. The second kappa shape index (κ2) is 7.53. The average Bonchev–Trinajstić information content (AvgIpc) is 2.33. The minimum atomic E-state index is -4.16. The number of nitrogens with one attached hydrogen (secondary N) is 1. The van der Waals surface area contributed by atoms with Gasteiger partial charge in [-0.25, -0.2) is 0 Å². The minimum absolute atomic E-state index is 0.0165. The van der Waals surface area contributed by atoms with E-state index in [2.05, 4.69) is 11.4 Å². The molecule has 1 atom stereocenters. The van der Waals surface area contributed by atoms with E-state index >= 15 is 0 Å². The van der Waals surface area contributed by atoms with Gasteiger partial charge in [-0.2, -0.15) is 13.2 Å². The Morgan fingerprint density at radius 3 is 2.74 bits per heavy atom. The summed E-state index contributed by atoms with van der Waals surface area (Å²) in [5.74, 6) is 0.0423. The molecule has 0 saturated carbocycles. The zero-order chi connectivity index (χ0) is 14.3. The van der Waals surface area contributed by atoms with Gasteiger partial charge in [0.25, 0.3) is 0 Å². The molecule has 0 aliphatic heterocycles. The van der Waals surface area contributed by atoms with Crippen molar-refractivity contribution in [2.75, 3.05) is 26.7 Å². The van der Waals surface area contributed by atoms with Gasteiger partial charge in [0.1, 0.15) is 0 Å². The summed E-state index contributed by atoms with van der Waals surface area (Å²) in [6.45, 7) is -0.153. The molecule has 19 heavy (non-hydrogen) atoms. The van der Waals surface area contributed by atoms with E-state index in [0.29, 0.717) is 19.5 Å². The lowest BCUT2D eigenvalue weighted by Crippen LogP contribution is -2.35. The molecule has 0 aromatic rings. The Bertz CT molecular complexity index is 316. The van der Waals surface area contributed by atoms with Crippen molar-refractivity contribution in [2.45, 2.75) is 31.9 Å². The predicted molar refractivity (Wildman–Crippen MR) is 67.7 cm³/mol. The molecule has 1 aliphatic rings. The molecular weight excluding hydrogens is 257 g/mol. The Kier molecular flexibility index (Phi) is 6.34. The third-order valence-electron chi connectivity index (χ3n) is 3.10. The highest BCUT2D eigenvalue weighted by molar-refractivity contribution is 5.78. The Labute approximate surface area is 111 Å². The SMILES string of the molecule is CN(CCCNC(=O)[C@H]1CC=CCC1)CC(F)(F)F. The molecule has 1 N–H and O–H groups in total. The van der Waals surface area contributed by atoms with Crippen LogP contribution in [0.15, 0.2) is 12.2 Å². The summed E-state index contributed by atoms with van der Waals surface area (Å²) < 4.78 is 36.2. The van der Waals surface area contributed by atoms with Crippen molar-refractivity contribution in [3.63, 3.8) is 0 Å². The highest BCUT2D eigenvalue weighted by Crippen LogP contribution is 2.18. The number of allylic oxidation sites excluding steroid dienone is 2. The highest BCUT2D eigenvalue weighted by Gasteiger charge is 2.28. The maximum absolute atomic E-state index is 12.1. The Morgan fingerprint density at radius 1 is 1.42 bits per heavy atom. The fourth-order valence-corrected chi connectivity index (χ4v) is 2.12. The van der Waals surface area contributed by atoms with Gasteiger partial charge in [-0.1, -0.05) is 12.2 Å². The molecule has 1 aliphatic carbocycles. The Morgan fingerprint density at radius 2 is 2.16 bits per heavy atom. The van der Waals surface area contributed by atoms with Crippen LogP contribution in [-0.2, 0) is 4.79 Å². The van der Waals surface area contributed by atoms with E-state index < -0.39 is 12.7 Å². The highest BCUT2D eigenvalue weighted by atomic mass is 19.4. The maximum atomic E-state index is 12.1. The molecule has 0 bridgehead atoms. The molecule has 1 rings (SSSR count). The number of alkyl halides is 3.